The highest BCUT2D eigenvalue weighted by molar-refractivity contribution is 6.10. The van der Waals surface area contributed by atoms with Crippen molar-refractivity contribution in [2.45, 2.75) is 65.1 Å². The number of carboxylic acid groups (broad SMARTS) is 2. The van der Waals surface area contributed by atoms with E-state index in [1.807, 2.05) is 57.2 Å². The number of nitrogens with one attached hydrogen (secondary N) is 3. The molecule has 230 valence electrons. The first-order valence-corrected chi connectivity index (χ1v) is 13.7. The Hall–Kier alpha value is -4.61. The van der Waals surface area contributed by atoms with E-state index in [2.05, 4.69) is 16.0 Å². The van der Waals surface area contributed by atoms with E-state index < -0.39 is 36.1 Å². The zero-order valence-corrected chi connectivity index (χ0v) is 24.0. The summed E-state index contributed by atoms with van der Waals surface area (Å²) in [7, 11) is 0. The van der Waals surface area contributed by atoms with Crippen LogP contribution in [0.1, 0.15) is 59.2 Å². The number of hydrogen-bond donors (Lipinski definition) is 5. The molecule has 0 aromatic heterocycles. The van der Waals surface area contributed by atoms with Crippen molar-refractivity contribution < 1.29 is 42.6 Å². The van der Waals surface area contributed by atoms with Crippen LogP contribution in [0.15, 0.2) is 48.5 Å². The summed E-state index contributed by atoms with van der Waals surface area (Å²) >= 11 is 0. The lowest BCUT2D eigenvalue weighted by Crippen LogP contribution is -2.46. The minimum absolute atomic E-state index is 0.104. The average Bonchev–Trinajstić information content (AvgIpc) is 2.93. The molecule has 4 rings (SSSR count). The van der Waals surface area contributed by atoms with Gasteiger partial charge in [-0.05, 0) is 73.6 Å². The van der Waals surface area contributed by atoms with Crippen LogP contribution in [0.2, 0.25) is 0 Å². The lowest BCUT2D eigenvalue weighted by molar-refractivity contribution is -0.192. The van der Waals surface area contributed by atoms with E-state index in [9.17, 15) is 32.7 Å². The van der Waals surface area contributed by atoms with Crippen molar-refractivity contribution in [3.8, 4) is 0 Å². The molecule has 1 aliphatic rings. The zero-order valence-electron chi connectivity index (χ0n) is 24.0. The Kier molecular flexibility index (Phi) is 10.7. The number of carbonyl (C=O) groups excluding carboxylic acids is 2. The SMILES string of the molecule is Cc1cc(C)c(NC(=O)Nc2cc3ccccc3cc2C(=O)N[C@H](C(=O)O)C2CCCCC2)c(C)c1.O=C(O)C(F)(F)F. The molecular weight excluding hydrogens is 567 g/mol. The van der Waals surface area contributed by atoms with Crippen molar-refractivity contribution in [1.29, 1.82) is 0 Å². The van der Waals surface area contributed by atoms with E-state index in [0.717, 1.165) is 59.6 Å². The summed E-state index contributed by atoms with van der Waals surface area (Å²) in [5, 5.41) is 27.1. The van der Waals surface area contributed by atoms with Gasteiger partial charge in [0.15, 0.2) is 0 Å². The van der Waals surface area contributed by atoms with Gasteiger partial charge in [0.1, 0.15) is 6.04 Å². The Bertz CT molecular complexity index is 1490. The molecule has 1 aliphatic carbocycles. The number of anilines is 2. The second kappa shape index (κ2) is 14.0. The summed E-state index contributed by atoms with van der Waals surface area (Å²) in [5.74, 6) is -4.41. The molecule has 0 spiro atoms. The first kappa shape index (κ1) is 32.9. The van der Waals surface area contributed by atoms with Crippen LogP contribution in [0, 0.1) is 26.7 Å². The smallest absolute Gasteiger partial charge is 0.480 e. The van der Waals surface area contributed by atoms with Gasteiger partial charge in [0.05, 0.1) is 11.3 Å². The number of amides is 3. The van der Waals surface area contributed by atoms with Gasteiger partial charge in [-0.1, -0.05) is 61.2 Å². The fourth-order valence-electron chi connectivity index (χ4n) is 5.24. The molecule has 0 aliphatic heterocycles. The van der Waals surface area contributed by atoms with Gasteiger partial charge in [-0.2, -0.15) is 13.2 Å². The van der Waals surface area contributed by atoms with E-state index in [0.29, 0.717) is 11.4 Å². The van der Waals surface area contributed by atoms with Crippen molar-refractivity contribution in [2.24, 2.45) is 5.92 Å². The highest BCUT2D eigenvalue weighted by Crippen LogP contribution is 2.29. The van der Waals surface area contributed by atoms with Gasteiger partial charge in [0.2, 0.25) is 0 Å². The van der Waals surface area contributed by atoms with Gasteiger partial charge in [-0.25, -0.2) is 14.4 Å². The molecular formula is C31H34F3N3O6. The Morgan fingerprint density at radius 1 is 0.837 bits per heavy atom. The molecule has 1 saturated carbocycles. The molecule has 1 atom stereocenters. The maximum absolute atomic E-state index is 13.4. The van der Waals surface area contributed by atoms with Crippen LogP contribution in [0.5, 0.6) is 0 Å². The minimum atomic E-state index is -5.08. The van der Waals surface area contributed by atoms with E-state index in [4.69, 9.17) is 9.90 Å². The molecule has 12 heteroatoms. The van der Waals surface area contributed by atoms with Crippen LogP contribution >= 0.6 is 0 Å². The predicted octanol–water partition coefficient (Wildman–Crippen LogP) is 6.81. The summed E-state index contributed by atoms with van der Waals surface area (Å²) in [6.07, 6.45) is -0.518. The van der Waals surface area contributed by atoms with Crippen molar-refractivity contribution in [3.05, 3.63) is 70.8 Å². The molecule has 3 aromatic rings. The number of aryl methyl sites for hydroxylation is 3. The van der Waals surface area contributed by atoms with Gasteiger partial charge in [0, 0.05) is 5.69 Å². The third kappa shape index (κ3) is 8.94. The standard InChI is InChI=1S/C29H33N3O4.C2HF3O2/c1-17-13-18(2)25(19(3)14-17)32-29(36)30-24-16-22-12-8-7-11-21(22)15-23(24)27(33)31-26(28(34)35)20-9-5-4-6-10-20;3-2(4,5)1(6)7/h7-8,11-16,20,26H,4-6,9-10H2,1-3H3,(H,31,33)(H,34,35)(H2,30,32,36);(H,6,7)/t26-;/m0./s1. The van der Waals surface area contributed by atoms with E-state index >= 15 is 0 Å². The lowest BCUT2D eigenvalue weighted by atomic mass is 9.83. The minimum Gasteiger partial charge on any atom is -0.480 e. The Morgan fingerprint density at radius 3 is 1.88 bits per heavy atom. The summed E-state index contributed by atoms with van der Waals surface area (Å²) in [6, 6.07) is 13.5. The number of carboxylic acids is 2. The van der Waals surface area contributed by atoms with Crippen LogP contribution in [0.3, 0.4) is 0 Å². The maximum Gasteiger partial charge on any atom is 0.490 e. The maximum atomic E-state index is 13.4. The van der Waals surface area contributed by atoms with Crippen molar-refractivity contribution >= 4 is 46.0 Å². The first-order chi connectivity index (χ1) is 20.2. The third-order valence-corrected chi connectivity index (χ3v) is 7.21. The fourth-order valence-corrected chi connectivity index (χ4v) is 5.24. The normalized spacial score (nSPS) is 14.2. The van der Waals surface area contributed by atoms with Gasteiger partial charge in [0.25, 0.3) is 5.91 Å². The third-order valence-electron chi connectivity index (χ3n) is 7.21. The molecule has 3 amide bonds. The highest BCUT2D eigenvalue weighted by Gasteiger charge is 2.38. The first-order valence-electron chi connectivity index (χ1n) is 13.7. The molecule has 43 heavy (non-hydrogen) atoms. The molecule has 0 bridgehead atoms. The predicted molar refractivity (Wildman–Crippen MR) is 156 cm³/mol. The van der Waals surface area contributed by atoms with E-state index in [-0.39, 0.29) is 11.5 Å². The number of fused-ring (bicyclic) bond motifs is 1. The van der Waals surface area contributed by atoms with E-state index in [1.54, 1.807) is 12.1 Å². The summed E-state index contributed by atoms with van der Waals surface area (Å²) in [5.41, 5.74) is 4.25. The van der Waals surface area contributed by atoms with Crippen LogP contribution in [0.4, 0.5) is 29.3 Å². The Labute approximate surface area is 246 Å². The number of carbonyl (C=O) groups is 4. The average molecular weight is 602 g/mol. The largest absolute Gasteiger partial charge is 0.490 e. The number of alkyl halides is 3. The number of halogens is 3. The van der Waals surface area contributed by atoms with Crippen molar-refractivity contribution in [2.75, 3.05) is 10.6 Å². The second-order valence-corrected chi connectivity index (χ2v) is 10.6. The molecule has 5 N–H and O–H groups in total. The summed E-state index contributed by atoms with van der Waals surface area (Å²) in [4.78, 5) is 47.4. The molecule has 0 radical (unpaired) electrons. The van der Waals surface area contributed by atoms with Crippen LogP contribution in [-0.2, 0) is 9.59 Å². The highest BCUT2D eigenvalue weighted by atomic mass is 19.4. The number of aliphatic carboxylic acids is 2. The Morgan fingerprint density at radius 2 is 1.37 bits per heavy atom. The molecule has 0 unspecified atom stereocenters. The number of hydrogen-bond acceptors (Lipinski definition) is 4. The fraction of sp³-hybridized carbons (Fsp3) is 0.355. The second-order valence-electron chi connectivity index (χ2n) is 10.6. The molecule has 0 heterocycles. The monoisotopic (exact) mass is 601 g/mol. The quantitative estimate of drug-likeness (QED) is 0.210. The zero-order chi connectivity index (χ0) is 31.9. The van der Waals surface area contributed by atoms with Crippen LogP contribution < -0.4 is 16.0 Å². The Balaban J connectivity index is 0.000000646. The van der Waals surface area contributed by atoms with Crippen LogP contribution in [-0.4, -0.2) is 46.3 Å². The molecule has 3 aromatic carbocycles. The number of rotatable bonds is 6. The summed E-state index contributed by atoms with van der Waals surface area (Å²) in [6.45, 7) is 5.87. The van der Waals surface area contributed by atoms with Crippen molar-refractivity contribution in [1.82, 2.24) is 5.32 Å². The summed E-state index contributed by atoms with van der Waals surface area (Å²) < 4.78 is 31.7. The van der Waals surface area contributed by atoms with Gasteiger partial charge >= 0.3 is 24.1 Å². The topological polar surface area (TPSA) is 145 Å². The van der Waals surface area contributed by atoms with Crippen LogP contribution in [0.25, 0.3) is 10.8 Å². The van der Waals surface area contributed by atoms with E-state index in [1.165, 1.54) is 0 Å². The van der Waals surface area contributed by atoms with Gasteiger partial charge in [-0.15, -0.1) is 0 Å². The number of urea groups is 1. The van der Waals surface area contributed by atoms with Gasteiger partial charge in [-0.3, -0.25) is 4.79 Å². The van der Waals surface area contributed by atoms with Crippen molar-refractivity contribution in [3.63, 3.8) is 0 Å². The molecule has 1 fully saturated rings. The molecule has 9 nitrogen and oxygen atoms in total. The lowest BCUT2D eigenvalue weighted by Gasteiger charge is -2.28. The van der Waals surface area contributed by atoms with Gasteiger partial charge < -0.3 is 26.2 Å². The number of benzene rings is 3. The molecule has 0 saturated heterocycles.